The molecule has 3 aromatic rings. The van der Waals surface area contributed by atoms with Crippen LogP contribution in [0.1, 0.15) is 26.5 Å². The summed E-state index contributed by atoms with van der Waals surface area (Å²) in [5.74, 6) is -0.466. The van der Waals surface area contributed by atoms with Gasteiger partial charge in [-0.15, -0.1) is 0 Å². The average Bonchev–Trinajstić information content (AvgIpc) is 3.07. The first-order chi connectivity index (χ1) is 12.9. The number of nitrogens with zero attached hydrogens (tertiary/aromatic N) is 3. The van der Waals surface area contributed by atoms with Crippen LogP contribution in [0.4, 0.5) is 11.4 Å². The van der Waals surface area contributed by atoms with E-state index in [0.29, 0.717) is 17.1 Å². The smallest absolute Gasteiger partial charge is 0.288 e. The number of ketones is 1. The van der Waals surface area contributed by atoms with Crippen LogP contribution in [0.5, 0.6) is 0 Å². The Morgan fingerprint density at radius 2 is 1.81 bits per heavy atom. The van der Waals surface area contributed by atoms with Gasteiger partial charge in [0.25, 0.3) is 11.6 Å². The molecule has 2 aromatic carbocycles. The lowest BCUT2D eigenvalue weighted by atomic mass is 10.1. The maximum Gasteiger partial charge on any atom is 0.288 e. The number of imidazole rings is 1. The molecule has 0 radical (unpaired) electrons. The molecule has 136 valence electrons. The lowest BCUT2D eigenvalue weighted by Crippen LogP contribution is -2.13. The minimum Gasteiger partial charge on any atom is -0.331 e. The standard InChI is InChI=1S/C18H13ClN4O4/c1-22-9-8-20-17(22)16(24)11-2-5-13(6-3-11)21-18(25)12-4-7-14(19)15(10-12)23(26)27/h2-10H,1H3,(H,21,25). The fourth-order valence-corrected chi connectivity index (χ4v) is 2.60. The summed E-state index contributed by atoms with van der Waals surface area (Å²) in [7, 11) is 1.72. The summed E-state index contributed by atoms with van der Waals surface area (Å²) in [5.41, 5.74) is 0.609. The lowest BCUT2D eigenvalue weighted by molar-refractivity contribution is -0.384. The van der Waals surface area contributed by atoms with Gasteiger partial charge in [0.1, 0.15) is 5.02 Å². The van der Waals surface area contributed by atoms with Crippen LogP contribution in [0.15, 0.2) is 54.9 Å². The van der Waals surface area contributed by atoms with E-state index in [-0.39, 0.29) is 22.1 Å². The van der Waals surface area contributed by atoms with Gasteiger partial charge in [0, 0.05) is 42.3 Å². The highest BCUT2D eigenvalue weighted by Crippen LogP contribution is 2.25. The van der Waals surface area contributed by atoms with E-state index in [1.54, 1.807) is 42.1 Å². The van der Waals surface area contributed by atoms with E-state index < -0.39 is 10.8 Å². The zero-order valence-electron chi connectivity index (χ0n) is 14.0. The number of nitro groups is 1. The Kier molecular flexibility index (Phi) is 5.00. The second-order valence-corrected chi connectivity index (χ2v) is 6.05. The number of amides is 1. The molecule has 0 spiro atoms. The molecule has 0 saturated heterocycles. The topological polar surface area (TPSA) is 107 Å². The second kappa shape index (κ2) is 7.38. The van der Waals surface area contributed by atoms with Gasteiger partial charge < -0.3 is 9.88 Å². The molecule has 8 nitrogen and oxygen atoms in total. The molecule has 0 aliphatic rings. The number of anilines is 1. The van der Waals surface area contributed by atoms with Crippen LogP contribution in [0.2, 0.25) is 5.02 Å². The van der Waals surface area contributed by atoms with Crippen LogP contribution < -0.4 is 5.32 Å². The Labute approximate surface area is 158 Å². The van der Waals surface area contributed by atoms with Crippen molar-refractivity contribution in [1.82, 2.24) is 9.55 Å². The SMILES string of the molecule is Cn1ccnc1C(=O)c1ccc(NC(=O)c2ccc(Cl)c([N+](=O)[O-])c2)cc1. The number of rotatable bonds is 5. The van der Waals surface area contributed by atoms with Crippen molar-refractivity contribution in [3.63, 3.8) is 0 Å². The van der Waals surface area contributed by atoms with Crippen molar-refractivity contribution in [1.29, 1.82) is 0 Å². The third kappa shape index (κ3) is 3.85. The van der Waals surface area contributed by atoms with Crippen molar-refractivity contribution in [2.24, 2.45) is 7.05 Å². The highest BCUT2D eigenvalue weighted by atomic mass is 35.5. The van der Waals surface area contributed by atoms with Gasteiger partial charge in [-0.2, -0.15) is 0 Å². The number of hydrogen-bond acceptors (Lipinski definition) is 5. The van der Waals surface area contributed by atoms with E-state index in [4.69, 9.17) is 11.6 Å². The van der Waals surface area contributed by atoms with Gasteiger partial charge in [0.05, 0.1) is 4.92 Å². The highest BCUT2D eigenvalue weighted by molar-refractivity contribution is 6.32. The van der Waals surface area contributed by atoms with Crippen molar-refractivity contribution in [3.8, 4) is 0 Å². The van der Waals surface area contributed by atoms with Crippen LogP contribution >= 0.6 is 11.6 Å². The first-order valence-corrected chi connectivity index (χ1v) is 8.12. The van der Waals surface area contributed by atoms with Crippen LogP contribution in [0.3, 0.4) is 0 Å². The molecule has 9 heteroatoms. The Morgan fingerprint density at radius 1 is 1.15 bits per heavy atom. The summed E-state index contributed by atoms with van der Waals surface area (Å²) in [6, 6.07) is 10.1. The first-order valence-electron chi connectivity index (χ1n) is 7.74. The van der Waals surface area contributed by atoms with Crippen molar-refractivity contribution in [3.05, 3.63) is 86.9 Å². The molecule has 0 fully saturated rings. The van der Waals surface area contributed by atoms with Gasteiger partial charge in [-0.25, -0.2) is 4.98 Å². The minimum atomic E-state index is -0.656. The minimum absolute atomic E-state index is 0.0475. The second-order valence-electron chi connectivity index (χ2n) is 5.65. The quantitative estimate of drug-likeness (QED) is 0.411. The summed E-state index contributed by atoms with van der Waals surface area (Å²) >= 11 is 5.74. The van der Waals surface area contributed by atoms with E-state index in [0.717, 1.165) is 6.07 Å². The third-order valence-corrected chi connectivity index (χ3v) is 4.15. The normalized spacial score (nSPS) is 10.4. The Morgan fingerprint density at radius 3 is 2.41 bits per heavy atom. The number of carbonyl (C=O) groups excluding carboxylic acids is 2. The van der Waals surface area contributed by atoms with Crippen LogP contribution in [0, 0.1) is 10.1 Å². The van der Waals surface area contributed by atoms with Gasteiger partial charge in [0.2, 0.25) is 5.78 Å². The number of carbonyl (C=O) groups is 2. The molecule has 0 bridgehead atoms. The molecule has 0 aliphatic carbocycles. The zero-order valence-corrected chi connectivity index (χ0v) is 14.8. The maximum atomic E-state index is 12.4. The molecule has 0 unspecified atom stereocenters. The molecular weight excluding hydrogens is 372 g/mol. The number of halogens is 1. The summed E-state index contributed by atoms with van der Waals surface area (Å²) in [6.07, 6.45) is 3.21. The van der Waals surface area contributed by atoms with Crippen LogP contribution in [-0.4, -0.2) is 26.2 Å². The van der Waals surface area contributed by atoms with Gasteiger partial charge in [0.15, 0.2) is 5.82 Å². The number of nitrogens with one attached hydrogen (secondary N) is 1. The number of hydrogen-bond donors (Lipinski definition) is 1. The fourth-order valence-electron chi connectivity index (χ4n) is 2.42. The lowest BCUT2D eigenvalue weighted by Gasteiger charge is -2.07. The predicted octanol–water partition coefficient (Wildman–Crippen LogP) is 3.47. The molecule has 1 N–H and O–H groups in total. The van der Waals surface area contributed by atoms with E-state index in [9.17, 15) is 19.7 Å². The Bertz CT molecular complexity index is 1040. The van der Waals surface area contributed by atoms with Gasteiger partial charge >= 0.3 is 0 Å². The summed E-state index contributed by atoms with van der Waals surface area (Å²) in [6.45, 7) is 0. The van der Waals surface area contributed by atoms with Gasteiger partial charge in [-0.1, -0.05) is 11.6 Å². The number of aryl methyl sites for hydroxylation is 1. The predicted molar refractivity (Wildman–Crippen MR) is 99.1 cm³/mol. The van der Waals surface area contributed by atoms with Crippen molar-refractivity contribution in [2.45, 2.75) is 0 Å². The highest BCUT2D eigenvalue weighted by Gasteiger charge is 2.17. The summed E-state index contributed by atoms with van der Waals surface area (Å²) < 4.78 is 1.62. The average molecular weight is 385 g/mol. The van der Waals surface area contributed by atoms with Crippen molar-refractivity contribution >= 4 is 34.7 Å². The monoisotopic (exact) mass is 384 g/mol. The molecule has 1 aromatic heterocycles. The third-order valence-electron chi connectivity index (χ3n) is 3.83. The molecule has 1 amide bonds. The Hall–Kier alpha value is -3.52. The number of aromatic nitrogens is 2. The van der Waals surface area contributed by atoms with Crippen LogP contribution in [-0.2, 0) is 7.05 Å². The first kappa shape index (κ1) is 18.3. The van der Waals surface area contributed by atoms with E-state index in [1.807, 2.05) is 0 Å². The molecule has 1 heterocycles. The molecular formula is C18H13ClN4O4. The molecule has 27 heavy (non-hydrogen) atoms. The van der Waals surface area contributed by atoms with Gasteiger partial charge in [-0.05, 0) is 36.4 Å². The summed E-state index contributed by atoms with van der Waals surface area (Å²) in [4.78, 5) is 38.9. The van der Waals surface area contributed by atoms with Crippen molar-refractivity contribution in [2.75, 3.05) is 5.32 Å². The molecule has 0 atom stereocenters. The molecule has 3 rings (SSSR count). The number of nitro benzene ring substituents is 1. The molecule has 0 saturated carbocycles. The zero-order chi connectivity index (χ0) is 19.6. The number of benzene rings is 2. The summed E-state index contributed by atoms with van der Waals surface area (Å²) in [5, 5.41) is 13.5. The van der Waals surface area contributed by atoms with Gasteiger partial charge in [-0.3, -0.25) is 19.7 Å². The largest absolute Gasteiger partial charge is 0.331 e. The van der Waals surface area contributed by atoms with E-state index in [1.165, 1.54) is 18.3 Å². The van der Waals surface area contributed by atoms with E-state index in [2.05, 4.69) is 10.3 Å². The van der Waals surface area contributed by atoms with Crippen LogP contribution in [0.25, 0.3) is 0 Å². The maximum absolute atomic E-state index is 12.4. The van der Waals surface area contributed by atoms with E-state index >= 15 is 0 Å². The molecule has 0 aliphatic heterocycles. The van der Waals surface area contributed by atoms with Crippen molar-refractivity contribution < 1.29 is 14.5 Å². The fraction of sp³-hybridized carbons (Fsp3) is 0.0556. The Balaban J connectivity index is 1.76.